The van der Waals surface area contributed by atoms with Gasteiger partial charge >= 0.3 is 0 Å². The van der Waals surface area contributed by atoms with E-state index in [4.69, 9.17) is 15.4 Å². The maximum absolute atomic E-state index is 11.3. The van der Waals surface area contributed by atoms with Gasteiger partial charge in [0.1, 0.15) is 5.75 Å². The molecule has 0 radical (unpaired) electrons. The van der Waals surface area contributed by atoms with Crippen molar-refractivity contribution in [2.75, 3.05) is 19.7 Å². The Hall–Kier alpha value is -0.780. The Labute approximate surface area is 131 Å². The van der Waals surface area contributed by atoms with Crippen LogP contribution in [0.2, 0.25) is 0 Å². The van der Waals surface area contributed by atoms with Crippen LogP contribution in [-0.4, -0.2) is 32.4 Å². The van der Waals surface area contributed by atoms with E-state index in [-0.39, 0.29) is 0 Å². The highest BCUT2D eigenvalue weighted by Crippen LogP contribution is 2.30. The second kappa shape index (κ2) is 7.47. The third kappa shape index (κ3) is 4.87. The van der Waals surface area contributed by atoms with Crippen LogP contribution in [0.5, 0.6) is 5.75 Å². The first kappa shape index (κ1) is 16.6. The van der Waals surface area contributed by atoms with Crippen molar-refractivity contribution in [3.63, 3.8) is 0 Å². The average molecular weight is 332 g/mol. The molecule has 6 heteroatoms. The van der Waals surface area contributed by atoms with E-state index in [1.54, 1.807) is 0 Å². The topological polar surface area (TPSA) is 46.6 Å². The lowest BCUT2D eigenvalue weighted by Gasteiger charge is -2.29. The fourth-order valence-electron chi connectivity index (χ4n) is 2.58. The van der Waals surface area contributed by atoms with Crippen LogP contribution < -0.4 is 4.74 Å². The fraction of sp³-hybridized carbons (Fsp3) is 0.600. The van der Waals surface area contributed by atoms with E-state index in [2.05, 4.69) is 19.1 Å². The van der Waals surface area contributed by atoms with Crippen LogP contribution in [0, 0.1) is 0 Å². The number of unbranched alkanes of at least 4 members (excludes halogenated alkanes) is 1. The fourth-order valence-corrected chi connectivity index (χ4v) is 3.64. The van der Waals surface area contributed by atoms with Crippen LogP contribution in [0.4, 0.5) is 0 Å². The zero-order chi connectivity index (χ0) is 15.3. The van der Waals surface area contributed by atoms with Gasteiger partial charge in [0, 0.05) is 23.8 Å². The molecule has 0 bridgehead atoms. The Kier molecular flexibility index (Phi) is 5.90. The second-order valence-electron chi connectivity index (χ2n) is 5.39. The summed E-state index contributed by atoms with van der Waals surface area (Å²) in [5.41, 5.74) is 1.24. The van der Waals surface area contributed by atoms with Crippen molar-refractivity contribution in [2.45, 2.75) is 38.5 Å². The molecule has 1 aromatic rings. The number of benzene rings is 1. The van der Waals surface area contributed by atoms with Crippen LogP contribution in [-0.2, 0) is 9.24 Å². The monoisotopic (exact) mass is 331 g/mol. The molecule has 1 aromatic carbocycles. The van der Waals surface area contributed by atoms with E-state index in [1.807, 2.05) is 12.1 Å². The molecule has 2 rings (SSSR count). The number of rotatable bonds is 6. The molecule has 1 fully saturated rings. The molecule has 0 atom stereocenters. The molecule has 0 aliphatic carbocycles. The minimum absolute atomic E-state index is 0.393. The zero-order valence-electron chi connectivity index (χ0n) is 12.3. The lowest BCUT2D eigenvalue weighted by Crippen LogP contribution is -2.35. The summed E-state index contributed by atoms with van der Waals surface area (Å²) in [5, 5.41) is 0. The van der Waals surface area contributed by atoms with Gasteiger partial charge in [-0.3, -0.25) is 0 Å². The molecule has 1 heterocycles. The summed E-state index contributed by atoms with van der Waals surface area (Å²) in [6.07, 6.45) is 3.80. The van der Waals surface area contributed by atoms with Crippen molar-refractivity contribution in [3.8, 4) is 5.75 Å². The van der Waals surface area contributed by atoms with Crippen LogP contribution in [0.3, 0.4) is 0 Å². The highest BCUT2D eigenvalue weighted by molar-refractivity contribution is 8.11. The van der Waals surface area contributed by atoms with E-state index < -0.39 is 9.24 Å². The van der Waals surface area contributed by atoms with Gasteiger partial charge in [-0.25, -0.2) is 0 Å². The van der Waals surface area contributed by atoms with E-state index in [0.29, 0.717) is 19.0 Å². The first-order chi connectivity index (χ1) is 10.0. The minimum Gasteiger partial charge on any atom is -0.494 e. The van der Waals surface area contributed by atoms with E-state index >= 15 is 0 Å². The first-order valence-corrected chi connectivity index (χ1v) is 9.70. The van der Waals surface area contributed by atoms with Gasteiger partial charge in [-0.1, -0.05) is 25.5 Å². The van der Waals surface area contributed by atoms with Gasteiger partial charge in [0.2, 0.25) is 0 Å². The largest absolute Gasteiger partial charge is 0.494 e. The highest BCUT2D eigenvalue weighted by atomic mass is 35.7. The molecule has 0 aromatic heterocycles. The van der Waals surface area contributed by atoms with Gasteiger partial charge in [-0.2, -0.15) is 12.7 Å². The minimum atomic E-state index is -3.57. The van der Waals surface area contributed by atoms with E-state index in [1.165, 1.54) is 9.87 Å². The normalized spacial score (nSPS) is 17.8. The third-order valence-electron chi connectivity index (χ3n) is 3.88. The van der Waals surface area contributed by atoms with Crippen molar-refractivity contribution in [2.24, 2.45) is 0 Å². The van der Waals surface area contributed by atoms with E-state index in [9.17, 15) is 8.42 Å². The van der Waals surface area contributed by atoms with Crippen LogP contribution in [0.25, 0.3) is 0 Å². The van der Waals surface area contributed by atoms with Gasteiger partial charge in [0.05, 0.1) is 6.61 Å². The third-order valence-corrected chi connectivity index (χ3v) is 5.45. The lowest BCUT2D eigenvalue weighted by atomic mass is 9.90. The Morgan fingerprint density at radius 3 is 2.38 bits per heavy atom. The molecule has 0 spiro atoms. The number of hydrogen-bond donors (Lipinski definition) is 0. The highest BCUT2D eigenvalue weighted by Gasteiger charge is 2.27. The van der Waals surface area contributed by atoms with Gasteiger partial charge in [0.25, 0.3) is 9.24 Å². The van der Waals surface area contributed by atoms with Crippen LogP contribution in [0.1, 0.15) is 44.1 Å². The summed E-state index contributed by atoms with van der Waals surface area (Å²) in [6, 6.07) is 8.15. The Balaban J connectivity index is 1.89. The summed E-state index contributed by atoms with van der Waals surface area (Å²) in [7, 11) is 1.80. The molecule has 1 saturated heterocycles. The summed E-state index contributed by atoms with van der Waals surface area (Å²) >= 11 is 0. The van der Waals surface area contributed by atoms with Crippen molar-refractivity contribution in [1.82, 2.24) is 4.31 Å². The molecular formula is C15H22ClNO3S. The Bertz CT molecular complexity index is 537. The molecule has 1 aliphatic heterocycles. The molecule has 0 saturated carbocycles. The molecule has 0 unspecified atom stereocenters. The summed E-state index contributed by atoms with van der Waals surface area (Å²) in [4.78, 5) is 0. The van der Waals surface area contributed by atoms with Crippen molar-refractivity contribution >= 4 is 19.9 Å². The van der Waals surface area contributed by atoms with Crippen molar-refractivity contribution < 1.29 is 13.2 Å². The number of hydrogen-bond acceptors (Lipinski definition) is 3. The molecule has 21 heavy (non-hydrogen) atoms. The van der Waals surface area contributed by atoms with Crippen molar-refractivity contribution in [3.05, 3.63) is 29.8 Å². The number of nitrogens with zero attached hydrogens (tertiary/aromatic N) is 1. The molecular weight excluding hydrogens is 310 g/mol. The summed E-state index contributed by atoms with van der Waals surface area (Å²) in [6.45, 7) is 3.87. The quantitative estimate of drug-likeness (QED) is 0.591. The molecule has 0 N–H and O–H groups in total. The number of piperidine rings is 1. The maximum Gasteiger partial charge on any atom is 0.299 e. The Morgan fingerprint density at radius 1 is 1.24 bits per heavy atom. The number of halogens is 1. The van der Waals surface area contributed by atoms with Crippen LogP contribution >= 0.6 is 10.7 Å². The Morgan fingerprint density at radius 2 is 1.86 bits per heavy atom. The summed E-state index contributed by atoms with van der Waals surface area (Å²) in [5.74, 6) is 1.29. The molecule has 4 nitrogen and oxygen atoms in total. The lowest BCUT2D eigenvalue weighted by molar-refractivity contribution is 0.308. The SMILES string of the molecule is CCCCOc1ccc(C2CCN(S(=O)(=O)Cl)CC2)cc1. The van der Waals surface area contributed by atoms with Crippen LogP contribution in [0.15, 0.2) is 24.3 Å². The van der Waals surface area contributed by atoms with Gasteiger partial charge in [-0.05, 0) is 42.9 Å². The van der Waals surface area contributed by atoms with Gasteiger partial charge < -0.3 is 4.74 Å². The zero-order valence-corrected chi connectivity index (χ0v) is 13.9. The predicted molar refractivity (Wildman–Crippen MR) is 85.2 cm³/mol. The molecule has 118 valence electrons. The second-order valence-corrected chi connectivity index (χ2v) is 7.90. The summed E-state index contributed by atoms with van der Waals surface area (Å²) < 4.78 is 29.5. The number of ether oxygens (including phenoxy) is 1. The standard InChI is InChI=1S/C15H22ClNO3S/c1-2-3-12-20-15-6-4-13(5-7-15)14-8-10-17(11-9-14)21(16,18)19/h4-7,14H,2-3,8-12H2,1H3. The van der Waals surface area contributed by atoms with E-state index in [0.717, 1.165) is 38.0 Å². The molecule has 0 amide bonds. The van der Waals surface area contributed by atoms with Crippen molar-refractivity contribution in [1.29, 1.82) is 0 Å². The average Bonchev–Trinajstić information content (AvgIpc) is 2.48. The predicted octanol–water partition coefficient (Wildman–Crippen LogP) is 3.53. The first-order valence-electron chi connectivity index (χ1n) is 7.43. The van der Waals surface area contributed by atoms with Gasteiger partial charge in [0.15, 0.2) is 0 Å². The maximum atomic E-state index is 11.3. The molecule has 1 aliphatic rings. The smallest absolute Gasteiger partial charge is 0.299 e. The van der Waals surface area contributed by atoms with Gasteiger partial charge in [-0.15, -0.1) is 0 Å².